The zero-order valence-electron chi connectivity index (χ0n) is 16.0. The van der Waals surface area contributed by atoms with Crippen LogP contribution in [0.15, 0.2) is 73.2 Å². The van der Waals surface area contributed by atoms with E-state index in [1.165, 1.54) is 16.8 Å². The summed E-state index contributed by atoms with van der Waals surface area (Å²) < 4.78 is 2.29. The Morgan fingerprint density at radius 3 is 2.75 bits per heavy atom. The Morgan fingerprint density at radius 2 is 1.93 bits per heavy atom. The minimum absolute atomic E-state index is 0.114. The molecular weight excluding hydrogens is 348 g/mol. The van der Waals surface area contributed by atoms with Crippen molar-refractivity contribution in [3.63, 3.8) is 0 Å². The standard InChI is InChI=1S/C23H26N4O/c28-23(11-10-19-6-2-1-3-7-19)25-15-22-18-26-13-5-9-21(26)17-27(22)16-20-8-4-12-24-14-20/h1-9,12-14,22H,10-11,15-18H2,(H,25,28). The summed E-state index contributed by atoms with van der Waals surface area (Å²) in [4.78, 5) is 19.0. The third-order valence-corrected chi connectivity index (χ3v) is 5.34. The smallest absolute Gasteiger partial charge is 0.220 e. The van der Waals surface area contributed by atoms with Crippen molar-refractivity contribution in [1.82, 2.24) is 19.8 Å². The molecule has 0 saturated heterocycles. The zero-order chi connectivity index (χ0) is 19.2. The molecule has 1 aromatic carbocycles. The molecule has 3 aromatic rings. The van der Waals surface area contributed by atoms with Crippen molar-refractivity contribution < 1.29 is 4.79 Å². The van der Waals surface area contributed by atoms with E-state index in [1.807, 2.05) is 30.5 Å². The van der Waals surface area contributed by atoms with Crippen LogP contribution in [-0.2, 0) is 30.8 Å². The number of aryl methyl sites for hydroxylation is 1. The normalized spacial score (nSPS) is 16.5. The molecule has 1 amide bonds. The molecule has 1 unspecified atom stereocenters. The van der Waals surface area contributed by atoms with Gasteiger partial charge >= 0.3 is 0 Å². The fourth-order valence-electron chi connectivity index (χ4n) is 3.78. The molecule has 0 radical (unpaired) electrons. The van der Waals surface area contributed by atoms with E-state index in [0.29, 0.717) is 13.0 Å². The van der Waals surface area contributed by atoms with Crippen molar-refractivity contribution in [2.75, 3.05) is 6.54 Å². The van der Waals surface area contributed by atoms with Gasteiger partial charge in [0.1, 0.15) is 0 Å². The van der Waals surface area contributed by atoms with Gasteiger partial charge in [0, 0.05) is 62.9 Å². The second-order valence-electron chi connectivity index (χ2n) is 7.36. The van der Waals surface area contributed by atoms with E-state index in [4.69, 9.17) is 0 Å². The average molecular weight is 374 g/mol. The van der Waals surface area contributed by atoms with Crippen LogP contribution in [0.4, 0.5) is 0 Å². The van der Waals surface area contributed by atoms with Crippen molar-refractivity contribution in [2.24, 2.45) is 0 Å². The van der Waals surface area contributed by atoms with Gasteiger partial charge < -0.3 is 9.88 Å². The van der Waals surface area contributed by atoms with Crippen LogP contribution in [0.3, 0.4) is 0 Å². The van der Waals surface area contributed by atoms with Crippen LogP contribution in [0, 0.1) is 0 Å². The first kappa shape index (κ1) is 18.4. The van der Waals surface area contributed by atoms with Crippen LogP contribution in [0.1, 0.15) is 23.2 Å². The lowest BCUT2D eigenvalue weighted by Gasteiger charge is -2.37. The van der Waals surface area contributed by atoms with Gasteiger partial charge in [-0.25, -0.2) is 0 Å². The minimum atomic E-state index is 0.114. The molecular formula is C23H26N4O. The second kappa shape index (κ2) is 8.85. The number of fused-ring (bicyclic) bond motifs is 1. The number of rotatable bonds is 7. The maximum absolute atomic E-state index is 12.4. The van der Waals surface area contributed by atoms with E-state index < -0.39 is 0 Å². The Labute approximate surface area is 166 Å². The maximum atomic E-state index is 12.4. The molecule has 3 heterocycles. The third-order valence-electron chi connectivity index (χ3n) is 5.34. The number of pyridine rings is 1. The van der Waals surface area contributed by atoms with Gasteiger partial charge in [-0.2, -0.15) is 0 Å². The molecule has 0 saturated carbocycles. The lowest BCUT2D eigenvalue weighted by atomic mass is 10.1. The van der Waals surface area contributed by atoms with Crippen LogP contribution >= 0.6 is 0 Å². The van der Waals surface area contributed by atoms with Gasteiger partial charge in [0.25, 0.3) is 0 Å². The monoisotopic (exact) mass is 374 g/mol. The highest BCUT2D eigenvalue weighted by molar-refractivity contribution is 5.76. The Balaban J connectivity index is 1.35. The molecule has 0 bridgehead atoms. The average Bonchev–Trinajstić information content (AvgIpc) is 3.19. The van der Waals surface area contributed by atoms with E-state index in [-0.39, 0.29) is 11.9 Å². The number of benzene rings is 1. The topological polar surface area (TPSA) is 50.2 Å². The molecule has 0 fully saturated rings. The summed E-state index contributed by atoms with van der Waals surface area (Å²) in [5, 5.41) is 3.15. The number of aromatic nitrogens is 2. The van der Waals surface area contributed by atoms with E-state index in [2.05, 4.69) is 56.3 Å². The van der Waals surface area contributed by atoms with Gasteiger partial charge in [-0.1, -0.05) is 36.4 Å². The van der Waals surface area contributed by atoms with E-state index in [0.717, 1.165) is 26.1 Å². The van der Waals surface area contributed by atoms with Crippen molar-refractivity contribution >= 4 is 5.91 Å². The van der Waals surface area contributed by atoms with Gasteiger partial charge in [0.15, 0.2) is 0 Å². The van der Waals surface area contributed by atoms with Crippen LogP contribution in [0.25, 0.3) is 0 Å². The number of amides is 1. The third kappa shape index (κ3) is 4.67. The summed E-state index contributed by atoms with van der Waals surface area (Å²) in [6, 6.07) is 18.8. The molecule has 1 N–H and O–H groups in total. The molecule has 1 atom stereocenters. The first-order chi connectivity index (χ1) is 13.8. The highest BCUT2D eigenvalue weighted by atomic mass is 16.1. The first-order valence-corrected chi connectivity index (χ1v) is 9.85. The summed E-state index contributed by atoms with van der Waals surface area (Å²) in [7, 11) is 0. The molecule has 0 spiro atoms. The Kier molecular flexibility index (Phi) is 5.83. The Bertz CT molecular complexity index is 891. The molecule has 2 aromatic heterocycles. The fourth-order valence-corrected chi connectivity index (χ4v) is 3.78. The predicted molar refractivity (Wildman–Crippen MR) is 109 cm³/mol. The number of hydrogen-bond donors (Lipinski definition) is 1. The first-order valence-electron chi connectivity index (χ1n) is 9.85. The SMILES string of the molecule is O=C(CCc1ccccc1)NCC1Cn2cccc2CN1Cc1cccnc1. The Morgan fingerprint density at radius 1 is 1.07 bits per heavy atom. The van der Waals surface area contributed by atoms with Crippen LogP contribution in [0.5, 0.6) is 0 Å². The quantitative estimate of drug-likeness (QED) is 0.692. The molecule has 1 aliphatic rings. The van der Waals surface area contributed by atoms with Crippen molar-refractivity contribution in [3.8, 4) is 0 Å². The van der Waals surface area contributed by atoms with E-state index in [9.17, 15) is 4.79 Å². The van der Waals surface area contributed by atoms with E-state index in [1.54, 1.807) is 6.20 Å². The molecule has 5 nitrogen and oxygen atoms in total. The lowest BCUT2D eigenvalue weighted by Crippen LogP contribution is -2.48. The maximum Gasteiger partial charge on any atom is 0.220 e. The number of carbonyl (C=O) groups is 1. The largest absolute Gasteiger partial charge is 0.354 e. The van der Waals surface area contributed by atoms with Crippen molar-refractivity contribution in [3.05, 3.63) is 90.0 Å². The lowest BCUT2D eigenvalue weighted by molar-refractivity contribution is -0.121. The van der Waals surface area contributed by atoms with Gasteiger partial charge in [0.05, 0.1) is 0 Å². The molecule has 4 rings (SSSR count). The summed E-state index contributed by atoms with van der Waals surface area (Å²) in [6.07, 6.45) is 7.14. The summed E-state index contributed by atoms with van der Waals surface area (Å²) >= 11 is 0. The van der Waals surface area contributed by atoms with Gasteiger partial charge in [0.2, 0.25) is 5.91 Å². The minimum Gasteiger partial charge on any atom is -0.354 e. The summed E-state index contributed by atoms with van der Waals surface area (Å²) in [5.74, 6) is 0.114. The highest BCUT2D eigenvalue weighted by Crippen LogP contribution is 2.20. The van der Waals surface area contributed by atoms with Crippen LogP contribution < -0.4 is 5.32 Å². The second-order valence-corrected chi connectivity index (χ2v) is 7.36. The number of hydrogen-bond acceptors (Lipinski definition) is 3. The zero-order valence-corrected chi connectivity index (χ0v) is 16.0. The molecule has 5 heteroatoms. The molecule has 0 aliphatic carbocycles. The van der Waals surface area contributed by atoms with E-state index >= 15 is 0 Å². The van der Waals surface area contributed by atoms with Gasteiger partial charge in [-0.05, 0) is 35.7 Å². The van der Waals surface area contributed by atoms with Gasteiger partial charge in [-0.15, -0.1) is 0 Å². The number of nitrogens with one attached hydrogen (secondary N) is 1. The van der Waals surface area contributed by atoms with Crippen molar-refractivity contribution in [2.45, 2.75) is 38.5 Å². The highest BCUT2D eigenvalue weighted by Gasteiger charge is 2.26. The predicted octanol–water partition coefficient (Wildman–Crippen LogP) is 3.02. The van der Waals surface area contributed by atoms with Crippen LogP contribution in [0.2, 0.25) is 0 Å². The molecule has 28 heavy (non-hydrogen) atoms. The van der Waals surface area contributed by atoms with Crippen LogP contribution in [-0.4, -0.2) is 32.9 Å². The fraction of sp³-hybridized carbons (Fsp3) is 0.304. The molecule has 1 aliphatic heterocycles. The van der Waals surface area contributed by atoms with Gasteiger partial charge in [-0.3, -0.25) is 14.7 Å². The summed E-state index contributed by atoms with van der Waals surface area (Å²) in [6.45, 7) is 3.27. The summed E-state index contributed by atoms with van der Waals surface area (Å²) in [5.41, 5.74) is 3.71. The number of carbonyl (C=O) groups excluding carboxylic acids is 1. The number of nitrogens with zero attached hydrogens (tertiary/aromatic N) is 3. The molecule has 144 valence electrons. The van der Waals surface area contributed by atoms with Crippen molar-refractivity contribution in [1.29, 1.82) is 0 Å². The Hall–Kier alpha value is -2.92.